The third kappa shape index (κ3) is 12.7. The molecule has 2 nitrogen and oxygen atoms in total. The van der Waals surface area contributed by atoms with Gasteiger partial charge in [0.2, 0.25) is 0 Å². The van der Waals surface area contributed by atoms with Crippen LogP contribution in [0.15, 0.2) is 49.1 Å². The lowest BCUT2D eigenvalue weighted by molar-refractivity contribution is 0.00819. The summed E-state index contributed by atoms with van der Waals surface area (Å²) in [6.07, 6.45) is 10.4. The molecule has 112 valence electrons. The molecule has 0 saturated carbocycles. The molecule has 0 radical (unpaired) electrons. The Labute approximate surface area is 118 Å². The molecule has 0 atom stereocenters. The Balaban J connectivity index is 0.000000307. The van der Waals surface area contributed by atoms with Crippen LogP contribution in [0.1, 0.15) is 25.3 Å². The fourth-order valence-corrected chi connectivity index (χ4v) is 1.35. The van der Waals surface area contributed by atoms with Gasteiger partial charge >= 0.3 is 6.68 Å². The van der Waals surface area contributed by atoms with Gasteiger partial charge in [-0.05, 0) is 37.1 Å². The van der Waals surface area contributed by atoms with Crippen LogP contribution in [0.3, 0.4) is 0 Å². The highest BCUT2D eigenvalue weighted by Gasteiger charge is 1.89. The van der Waals surface area contributed by atoms with Gasteiger partial charge in [0, 0.05) is 31.3 Å². The molecule has 2 aromatic heterocycles. The lowest BCUT2D eigenvalue weighted by Gasteiger charge is -1.98. The van der Waals surface area contributed by atoms with Gasteiger partial charge in [0.25, 0.3) is 0 Å². The van der Waals surface area contributed by atoms with Crippen molar-refractivity contribution < 1.29 is 13.2 Å². The van der Waals surface area contributed by atoms with Crippen LogP contribution in [-0.4, -0.2) is 16.2 Å². The van der Waals surface area contributed by atoms with E-state index in [1.807, 2.05) is 18.2 Å². The van der Waals surface area contributed by atoms with Crippen molar-refractivity contribution in [1.82, 2.24) is 9.55 Å². The van der Waals surface area contributed by atoms with E-state index in [1.54, 1.807) is 12.4 Å². The maximum Gasteiger partial charge on any atom is 0.379 e. The van der Waals surface area contributed by atoms with Gasteiger partial charge in [0.1, 0.15) is 0 Å². The van der Waals surface area contributed by atoms with Crippen LogP contribution in [0, 0.1) is 6.92 Å². The fraction of sp³-hybridized carbons (Fsp3) is 0.400. The highest BCUT2D eigenvalue weighted by Crippen LogP contribution is 2.00. The Kier molecular flexibility index (Phi) is 11.2. The van der Waals surface area contributed by atoms with Crippen LogP contribution in [0.5, 0.6) is 0 Å². The summed E-state index contributed by atoms with van der Waals surface area (Å²) < 4.78 is 31.2. The van der Waals surface area contributed by atoms with Gasteiger partial charge < -0.3 is 4.57 Å². The molecule has 0 spiro atoms. The van der Waals surface area contributed by atoms with Crippen molar-refractivity contribution in [3.63, 3.8) is 0 Å². The number of unbranched alkanes of at least 4 members (excludes halogenated alkanes) is 1. The molecule has 0 fully saturated rings. The van der Waals surface area contributed by atoms with Crippen LogP contribution in [-0.2, 0) is 6.54 Å². The number of halogens is 3. The van der Waals surface area contributed by atoms with Crippen molar-refractivity contribution in [2.24, 2.45) is 0 Å². The number of hydrogen-bond acceptors (Lipinski definition) is 1. The first-order valence-corrected chi connectivity index (χ1v) is 6.45. The molecule has 20 heavy (non-hydrogen) atoms. The van der Waals surface area contributed by atoms with Gasteiger partial charge in [-0.1, -0.05) is 19.4 Å². The fourth-order valence-electron chi connectivity index (χ4n) is 1.35. The zero-order chi connectivity index (χ0) is 15.2. The third-order valence-corrected chi connectivity index (χ3v) is 2.23. The van der Waals surface area contributed by atoms with Crippen LogP contribution in [0.4, 0.5) is 13.2 Å². The van der Waals surface area contributed by atoms with Gasteiger partial charge in [0.15, 0.2) is 0 Å². The number of aromatic nitrogens is 2. The van der Waals surface area contributed by atoms with E-state index >= 15 is 0 Å². The summed E-state index contributed by atoms with van der Waals surface area (Å²) in [6, 6.07) is 7.86. The molecule has 2 rings (SSSR count). The Morgan fingerprint density at radius 1 is 1.15 bits per heavy atom. The first-order valence-electron chi connectivity index (χ1n) is 6.45. The Hall–Kier alpha value is -1.78. The molecule has 5 heteroatoms. The van der Waals surface area contributed by atoms with E-state index in [0.29, 0.717) is 0 Å². The van der Waals surface area contributed by atoms with E-state index < -0.39 is 6.68 Å². The SMILES string of the molecule is CCCCn1ccc(C)c1.FC(F)F.c1ccncc1. The summed E-state index contributed by atoms with van der Waals surface area (Å²) in [5.41, 5.74) is 1.36. The van der Waals surface area contributed by atoms with E-state index in [0.717, 1.165) is 0 Å². The second-order valence-electron chi connectivity index (χ2n) is 4.05. The zero-order valence-corrected chi connectivity index (χ0v) is 11.8. The highest BCUT2D eigenvalue weighted by atomic mass is 19.4. The van der Waals surface area contributed by atoms with Crippen molar-refractivity contribution in [2.45, 2.75) is 39.9 Å². The van der Waals surface area contributed by atoms with Crippen molar-refractivity contribution in [3.05, 3.63) is 54.6 Å². The van der Waals surface area contributed by atoms with E-state index in [-0.39, 0.29) is 0 Å². The molecular weight excluding hydrogens is 265 g/mol. The van der Waals surface area contributed by atoms with Gasteiger partial charge in [-0.3, -0.25) is 4.98 Å². The van der Waals surface area contributed by atoms with Crippen LogP contribution in [0.25, 0.3) is 0 Å². The Morgan fingerprint density at radius 3 is 2.05 bits per heavy atom. The van der Waals surface area contributed by atoms with Crippen molar-refractivity contribution >= 4 is 0 Å². The molecule has 0 aliphatic rings. The summed E-state index contributed by atoms with van der Waals surface area (Å²) in [7, 11) is 0. The molecule has 2 heterocycles. The minimum Gasteiger partial charge on any atom is -0.354 e. The Morgan fingerprint density at radius 2 is 1.75 bits per heavy atom. The monoisotopic (exact) mass is 286 g/mol. The molecule has 0 N–H and O–H groups in total. The molecular formula is C15H21F3N2. The molecule has 2 aromatic rings. The molecule has 0 aromatic carbocycles. The van der Waals surface area contributed by atoms with Crippen LogP contribution < -0.4 is 0 Å². The van der Waals surface area contributed by atoms with E-state index in [1.165, 1.54) is 24.9 Å². The van der Waals surface area contributed by atoms with Gasteiger partial charge in [-0.25, -0.2) is 0 Å². The van der Waals surface area contributed by atoms with Crippen molar-refractivity contribution in [1.29, 1.82) is 0 Å². The Bertz CT molecular complexity index is 387. The van der Waals surface area contributed by atoms with Gasteiger partial charge in [-0.2, -0.15) is 13.2 Å². The number of aryl methyl sites for hydroxylation is 2. The quantitative estimate of drug-likeness (QED) is 0.788. The molecule has 0 bridgehead atoms. The molecule has 0 saturated heterocycles. The lowest BCUT2D eigenvalue weighted by atomic mass is 10.3. The summed E-state index contributed by atoms with van der Waals surface area (Å²) in [5, 5.41) is 0. The lowest BCUT2D eigenvalue weighted by Crippen LogP contribution is -1.92. The number of alkyl halides is 3. The molecule has 0 aliphatic heterocycles. The average Bonchev–Trinajstić information content (AvgIpc) is 2.84. The third-order valence-electron chi connectivity index (χ3n) is 2.23. The largest absolute Gasteiger partial charge is 0.379 e. The van der Waals surface area contributed by atoms with Crippen molar-refractivity contribution in [2.75, 3.05) is 0 Å². The number of hydrogen-bond donors (Lipinski definition) is 0. The minimum atomic E-state index is -3.67. The van der Waals surface area contributed by atoms with Gasteiger partial charge in [0.05, 0.1) is 0 Å². The maximum absolute atomic E-state index is 9.67. The minimum absolute atomic E-state index is 1.17. The second-order valence-corrected chi connectivity index (χ2v) is 4.05. The average molecular weight is 286 g/mol. The van der Waals surface area contributed by atoms with Crippen molar-refractivity contribution in [3.8, 4) is 0 Å². The van der Waals surface area contributed by atoms with Crippen LogP contribution >= 0.6 is 0 Å². The smallest absolute Gasteiger partial charge is 0.354 e. The second kappa shape index (κ2) is 12.3. The first-order chi connectivity index (χ1) is 9.56. The zero-order valence-electron chi connectivity index (χ0n) is 11.8. The number of nitrogens with zero attached hydrogens (tertiary/aromatic N) is 2. The predicted molar refractivity (Wildman–Crippen MR) is 75.4 cm³/mol. The van der Waals surface area contributed by atoms with Gasteiger partial charge in [-0.15, -0.1) is 0 Å². The van der Waals surface area contributed by atoms with E-state index in [4.69, 9.17) is 0 Å². The first kappa shape index (κ1) is 18.2. The molecule has 0 unspecified atom stereocenters. The summed E-state index contributed by atoms with van der Waals surface area (Å²) in [4.78, 5) is 3.78. The predicted octanol–water partition coefficient (Wildman–Crippen LogP) is 4.86. The topological polar surface area (TPSA) is 17.8 Å². The standard InChI is InChI=1S/C9H15N.C5H5N.CHF3/c1-3-4-6-10-7-5-9(2)8-10;1-2-4-6-5-3-1;2-1(3)4/h5,7-8H,3-4,6H2,1-2H3;1-5H;1H. The normalized spacial score (nSPS) is 9.30. The highest BCUT2D eigenvalue weighted by molar-refractivity contribution is 5.06. The summed E-state index contributed by atoms with van der Waals surface area (Å²) >= 11 is 0. The molecule has 0 aliphatic carbocycles. The number of pyridine rings is 1. The summed E-state index contributed by atoms with van der Waals surface area (Å²) in [5.74, 6) is 0. The van der Waals surface area contributed by atoms with E-state index in [9.17, 15) is 13.2 Å². The van der Waals surface area contributed by atoms with Crippen LogP contribution in [0.2, 0.25) is 0 Å². The number of rotatable bonds is 3. The molecule has 0 amide bonds. The summed E-state index contributed by atoms with van der Waals surface area (Å²) in [6.45, 7) is 1.85. The van der Waals surface area contributed by atoms with E-state index in [2.05, 4.69) is 41.9 Å². The maximum atomic E-state index is 9.67.